The van der Waals surface area contributed by atoms with Gasteiger partial charge in [-0.2, -0.15) is 0 Å². The van der Waals surface area contributed by atoms with Crippen LogP contribution in [0.5, 0.6) is 0 Å². The number of hydrogen-bond donors (Lipinski definition) is 0. The van der Waals surface area contributed by atoms with Crippen LogP contribution in [-0.4, -0.2) is 4.57 Å². The molecule has 0 radical (unpaired) electrons. The second-order valence-electron chi connectivity index (χ2n) is 12.5. The molecular formula is C44H25NO2S2. The lowest BCUT2D eigenvalue weighted by molar-refractivity contribution is 0.668. The summed E-state index contributed by atoms with van der Waals surface area (Å²) in [6, 6.07) is 54.0. The normalized spacial score (nSPS) is 12.1. The molecule has 3 nitrogen and oxygen atoms in total. The number of rotatable bonds is 4. The topological polar surface area (TPSA) is 31.2 Å². The molecule has 5 heteroatoms. The highest BCUT2D eigenvalue weighted by Crippen LogP contribution is 2.47. The standard InChI is InChI=1S/C44H25NO2S2/c1-2-8-30(9-3-1)45-35-24-41(27-16-14-26(15-17-27)28-18-20-39-33(22-28)31-10-4-6-12-37(31)46-39)48-43(35)44-36(45)25-42(49-44)29-19-21-40-34(23-29)32-11-5-7-13-38(32)47-40/h1-25H. The molecule has 0 unspecified atom stereocenters. The highest BCUT2D eigenvalue weighted by Gasteiger charge is 2.20. The van der Waals surface area contributed by atoms with E-state index in [1.54, 1.807) is 0 Å². The molecule has 11 aromatic rings. The number of furan rings is 2. The van der Waals surface area contributed by atoms with Crippen molar-refractivity contribution in [3.8, 4) is 37.7 Å². The van der Waals surface area contributed by atoms with Gasteiger partial charge in [0.25, 0.3) is 0 Å². The third kappa shape index (κ3) is 4.13. The van der Waals surface area contributed by atoms with Crippen molar-refractivity contribution in [1.29, 1.82) is 0 Å². The van der Waals surface area contributed by atoms with E-state index in [0.29, 0.717) is 0 Å². The van der Waals surface area contributed by atoms with Gasteiger partial charge >= 0.3 is 0 Å². The van der Waals surface area contributed by atoms with E-state index < -0.39 is 0 Å². The van der Waals surface area contributed by atoms with E-state index in [0.717, 1.165) is 43.9 Å². The number of benzene rings is 6. The lowest BCUT2D eigenvalue weighted by Gasteiger charge is -2.06. The summed E-state index contributed by atoms with van der Waals surface area (Å²) in [5.41, 5.74) is 12.2. The zero-order valence-electron chi connectivity index (χ0n) is 26.0. The zero-order valence-corrected chi connectivity index (χ0v) is 27.6. The average molecular weight is 664 g/mol. The smallest absolute Gasteiger partial charge is 0.135 e. The second kappa shape index (κ2) is 10.3. The van der Waals surface area contributed by atoms with Crippen molar-refractivity contribution in [3.05, 3.63) is 152 Å². The average Bonchev–Trinajstić information content (AvgIpc) is 3.97. The number of fused-ring (bicyclic) bond motifs is 9. The van der Waals surface area contributed by atoms with E-state index in [-0.39, 0.29) is 0 Å². The van der Waals surface area contributed by atoms with Crippen molar-refractivity contribution >= 4 is 87.0 Å². The molecule has 0 bridgehead atoms. The Bertz CT molecular complexity index is 3040. The molecule has 0 spiro atoms. The van der Waals surface area contributed by atoms with Gasteiger partial charge in [-0.15, -0.1) is 22.7 Å². The minimum atomic E-state index is 0.921. The Morgan fingerprint density at radius 2 is 0.837 bits per heavy atom. The summed E-state index contributed by atoms with van der Waals surface area (Å²) in [7, 11) is 0. The summed E-state index contributed by atoms with van der Waals surface area (Å²) in [5, 5.41) is 4.61. The van der Waals surface area contributed by atoms with E-state index in [2.05, 4.69) is 132 Å². The van der Waals surface area contributed by atoms with Gasteiger partial charge in [0.05, 0.1) is 20.4 Å². The molecule has 0 aliphatic rings. The summed E-state index contributed by atoms with van der Waals surface area (Å²) in [6.45, 7) is 0. The van der Waals surface area contributed by atoms with Gasteiger partial charge in [-0.1, -0.05) is 84.9 Å². The first kappa shape index (κ1) is 27.1. The summed E-state index contributed by atoms with van der Waals surface area (Å²) in [4.78, 5) is 2.52. The number of aromatic nitrogens is 1. The zero-order chi connectivity index (χ0) is 32.1. The molecule has 49 heavy (non-hydrogen) atoms. The maximum Gasteiger partial charge on any atom is 0.135 e. The van der Waals surface area contributed by atoms with Crippen molar-refractivity contribution in [2.24, 2.45) is 0 Å². The van der Waals surface area contributed by atoms with Gasteiger partial charge < -0.3 is 13.4 Å². The quantitative estimate of drug-likeness (QED) is 0.188. The fraction of sp³-hybridized carbons (Fsp3) is 0. The molecule has 0 saturated carbocycles. The third-order valence-corrected chi connectivity index (χ3v) is 12.2. The van der Waals surface area contributed by atoms with Crippen LogP contribution in [0.15, 0.2) is 160 Å². The largest absolute Gasteiger partial charge is 0.456 e. The molecule has 6 aromatic carbocycles. The van der Waals surface area contributed by atoms with Crippen molar-refractivity contribution in [3.63, 3.8) is 0 Å². The van der Waals surface area contributed by atoms with Crippen molar-refractivity contribution in [2.75, 3.05) is 0 Å². The number of para-hydroxylation sites is 3. The minimum absolute atomic E-state index is 0.921. The van der Waals surface area contributed by atoms with Gasteiger partial charge in [-0.25, -0.2) is 0 Å². The molecule has 0 atom stereocenters. The number of nitrogens with zero attached hydrogens (tertiary/aromatic N) is 1. The van der Waals surface area contributed by atoms with Gasteiger partial charge in [0.2, 0.25) is 0 Å². The van der Waals surface area contributed by atoms with Crippen molar-refractivity contribution in [1.82, 2.24) is 4.57 Å². The van der Waals surface area contributed by atoms with Gasteiger partial charge in [0, 0.05) is 37.0 Å². The molecule has 11 rings (SSSR count). The first-order chi connectivity index (χ1) is 24.2. The highest BCUT2D eigenvalue weighted by atomic mass is 32.1. The molecule has 0 aliphatic carbocycles. The minimum Gasteiger partial charge on any atom is -0.456 e. The molecule has 0 amide bonds. The van der Waals surface area contributed by atoms with Crippen LogP contribution >= 0.6 is 22.7 Å². The van der Waals surface area contributed by atoms with Crippen LogP contribution in [0.3, 0.4) is 0 Å². The monoisotopic (exact) mass is 663 g/mol. The van der Waals surface area contributed by atoms with Crippen LogP contribution in [0.2, 0.25) is 0 Å². The Labute approximate surface area is 288 Å². The summed E-state index contributed by atoms with van der Waals surface area (Å²) >= 11 is 3.75. The van der Waals surface area contributed by atoms with E-state index in [4.69, 9.17) is 8.83 Å². The van der Waals surface area contributed by atoms with Crippen LogP contribution in [-0.2, 0) is 0 Å². The van der Waals surface area contributed by atoms with Gasteiger partial charge in [0.1, 0.15) is 22.3 Å². The number of hydrogen-bond acceptors (Lipinski definition) is 4. The van der Waals surface area contributed by atoms with Gasteiger partial charge in [-0.3, -0.25) is 0 Å². The molecule has 0 fully saturated rings. The highest BCUT2D eigenvalue weighted by molar-refractivity contribution is 7.30. The molecule has 0 saturated heterocycles. The van der Waals surface area contributed by atoms with Crippen molar-refractivity contribution in [2.45, 2.75) is 0 Å². The van der Waals surface area contributed by atoms with Crippen LogP contribution in [0.1, 0.15) is 0 Å². The first-order valence-electron chi connectivity index (χ1n) is 16.3. The molecule has 0 N–H and O–H groups in total. The lowest BCUT2D eigenvalue weighted by atomic mass is 10.0. The third-order valence-electron chi connectivity index (χ3n) is 9.67. The maximum absolute atomic E-state index is 6.13. The maximum atomic E-state index is 6.13. The molecule has 230 valence electrons. The number of thiophene rings is 2. The van der Waals surface area contributed by atoms with Crippen LogP contribution in [0.25, 0.3) is 102 Å². The lowest BCUT2D eigenvalue weighted by Crippen LogP contribution is -1.91. The fourth-order valence-electron chi connectivity index (χ4n) is 7.30. The molecule has 0 aliphatic heterocycles. The second-order valence-corrected chi connectivity index (χ2v) is 14.6. The van der Waals surface area contributed by atoms with Gasteiger partial charge in [-0.05, 0) is 89.0 Å². The first-order valence-corrected chi connectivity index (χ1v) is 18.0. The Hall–Kier alpha value is -5.88. The fourth-order valence-corrected chi connectivity index (χ4v) is 9.74. The SMILES string of the molecule is c1ccc(-n2c3cc(-c4ccc(-c5ccc6oc7ccccc7c6c5)cc4)sc3c3sc(-c4ccc5oc6ccccc6c5c4)cc32)cc1. The van der Waals surface area contributed by atoms with E-state index in [9.17, 15) is 0 Å². The van der Waals surface area contributed by atoms with E-state index >= 15 is 0 Å². The summed E-state index contributed by atoms with van der Waals surface area (Å²) < 4.78 is 17.3. The van der Waals surface area contributed by atoms with Crippen LogP contribution in [0, 0.1) is 0 Å². The van der Waals surface area contributed by atoms with E-state index in [1.807, 2.05) is 46.9 Å². The summed E-state index contributed by atoms with van der Waals surface area (Å²) in [5.74, 6) is 0. The van der Waals surface area contributed by atoms with Crippen molar-refractivity contribution < 1.29 is 8.83 Å². The van der Waals surface area contributed by atoms with Crippen LogP contribution in [0.4, 0.5) is 0 Å². The Morgan fingerprint density at radius 1 is 0.367 bits per heavy atom. The predicted octanol–water partition coefficient (Wildman–Crippen LogP) is 13.7. The Morgan fingerprint density at radius 3 is 1.47 bits per heavy atom. The molecular weight excluding hydrogens is 639 g/mol. The predicted molar refractivity (Wildman–Crippen MR) is 207 cm³/mol. The van der Waals surface area contributed by atoms with Gasteiger partial charge in [0.15, 0.2) is 0 Å². The van der Waals surface area contributed by atoms with Crippen LogP contribution < -0.4 is 0 Å². The van der Waals surface area contributed by atoms with E-state index in [1.165, 1.54) is 58.1 Å². The Kier molecular flexibility index (Phi) is 5.70. The molecule has 5 heterocycles. The Balaban J connectivity index is 1.02. The molecule has 5 aromatic heterocycles. The summed E-state index contributed by atoms with van der Waals surface area (Å²) in [6.07, 6.45) is 0.